The maximum absolute atomic E-state index is 12.2. The van der Waals surface area contributed by atoms with Gasteiger partial charge in [0.2, 0.25) is 5.91 Å². The van der Waals surface area contributed by atoms with E-state index >= 15 is 0 Å². The minimum atomic E-state index is -0.899. The molecule has 1 atom stereocenters. The minimum absolute atomic E-state index is 0.0768. The van der Waals surface area contributed by atoms with Crippen molar-refractivity contribution >= 4 is 23.5 Å². The molecule has 20 heavy (non-hydrogen) atoms. The van der Waals surface area contributed by atoms with Gasteiger partial charge in [0, 0.05) is 18.0 Å². The van der Waals surface area contributed by atoms with Gasteiger partial charge in [0.15, 0.2) is 0 Å². The molecule has 1 N–H and O–H groups in total. The summed E-state index contributed by atoms with van der Waals surface area (Å²) in [5.41, 5.74) is 1.03. The summed E-state index contributed by atoms with van der Waals surface area (Å²) in [4.78, 5) is 24.9. The summed E-state index contributed by atoms with van der Waals surface area (Å²) in [7, 11) is 0. The minimum Gasteiger partial charge on any atom is -0.480 e. The number of piperidine rings is 1. The SMILES string of the molecule is O=C(O)C1CCCCN1C(=O)CCc1ccc(Cl)cc1. The molecule has 0 radical (unpaired) electrons. The van der Waals surface area contributed by atoms with Crippen LogP contribution >= 0.6 is 11.6 Å². The number of carboxylic acid groups (broad SMARTS) is 1. The van der Waals surface area contributed by atoms with Gasteiger partial charge < -0.3 is 10.0 Å². The number of hydrogen-bond donors (Lipinski definition) is 1. The first kappa shape index (κ1) is 14.9. The Bertz CT molecular complexity index is 486. The van der Waals surface area contributed by atoms with Gasteiger partial charge in [-0.3, -0.25) is 4.79 Å². The molecule has 0 saturated carbocycles. The maximum atomic E-state index is 12.2. The highest BCUT2D eigenvalue weighted by molar-refractivity contribution is 6.30. The Kier molecular flexibility index (Phi) is 5.01. The van der Waals surface area contributed by atoms with E-state index in [-0.39, 0.29) is 5.91 Å². The van der Waals surface area contributed by atoms with Crippen molar-refractivity contribution in [2.24, 2.45) is 0 Å². The molecular formula is C15H18ClNO3. The molecule has 0 aliphatic carbocycles. The first-order chi connectivity index (χ1) is 9.58. The Morgan fingerprint density at radius 3 is 2.60 bits per heavy atom. The summed E-state index contributed by atoms with van der Waals surface area (Å²) < 4.78 is 0. The van der Waals surface area contributed by atoms with Crippen molar-refractivity contribution < 1.29 is 14.7 Å². The third kappa shape index (κ3) is 3.73. The highest BCUT2D eigenvalue weighted by atomic mass is 35.5. The Morgan fingerprint density at radius 1 is 1.25 bits per heavy atom. The molecule has 1 amide bonds. The van der Waals surface area contributed by atoms with Crippen LogP contribution in [0.5, 0.6) is 0 Å². The van der Waals surface area contributed by atoms with Crippen LogP contribution < -0.4 is 0 Å². The zero-order valence-corrected chi connectivity index (χ0v) is 12.0. The van der Waals surface area contributed by atoms with Gasteiger partial charge in [0.05, 0.1) is 0 Å². The van der Waals surface area contributed by atoms with E-state index in [0.29, 0.717) is 30.8 Å². The van der Waals surface area contributed by atoms with Crippen LogP contribution in [-0.4, -0.2) is 34.5 Å². The molecule has 2 rings (SSSR count). The number of carbonyl (C=O) groups excluding carboxylic acids is 1. The highest BCUT2D eigenvalue weighted by Crippen LogP contribution is 2.19. The Hall–Kier alpha value is -1.55. The number of amides is 1. The second-order valence-electron chi connectivity index (χ2n) is 5.06. The number of halogens is 1. The smallest absolute Gasteiger partial charge is 0.326 e. The molecule has 108 valence electrons. The largest absolute Gasteiger partial charge is 0.480 e. The molecule has 4 nitrogen and oxygen atoms in total. The van der Waals surface area contributed by atoms with E-state index < -0.39 is 12.0 Å². The molecule has 0 spiro atoms. The number of likely N-dealkylation sites (tertiary alicyclic amines) is 1. The predicted molar refractivity (Wildman–Crippen MR) is 76.8 cm³/mol. The van der Waals surface area contributed by atoms with Crippen LogP contribution in [0.15, 0.2) is 24.3 Å². The van der Waals surface area contributed by atoms with Crippen LogP contribution in [0, 0.1) is 0 Å². The standard InChI is InChI=1S/C15H18ClNO3/c16-12-7-4-11(5-8-12)6-9-14(18)17-10-2-1-3-13(17)15(19)20/h4-5,7-8,13H,1-3,6,9-10H2,(H,19,20). The van der Waals surface area contributed by atoms with Crippen molar-refractivity contribution in [2.75, 3.05) is 6.54 Å². The molecule has 1 aliphatic heterocycles. The zero-order valence-electron chi connectivity index (χ0n) is 11.2. The third-order valence-electron chi connectivity index (χ3n) is 3.65. The lowest BCUT2D eigenvalue weighted by atomic mass is 10.0. The van der Waals surface area contributed by atoms with Gasteiger partial charge in [-0.25, -0.2) is 4.79 Å². The van der Waals surface area contributed by atoms with Crippen molar-refractivity contribution in [3.63, 3.8) is 0 Å². The molecular weight excluding hydrogens is 278 g/mol. The monoisotopic (exact) mass is 295 g/mol. The van der Waals surface area contributed by atoms with E-state index in [1.807, 2.05) is 12.1 Å². The first-order valence-electron chi connectivity index (χ1n) is 6.84. The topological polar surface area (TPSA) is 57.6 Å². The number of carboxylic acids is 1. The molecule has 1 fully saturated rings. The summed E-state index contributed by atoms with van der Waals surface area (Å²) >= 11 is 5.81. The molecule has 1 aromatic carbocycles. The predicted octanol–water partition coefficient (Wildman–Crippen LogP) is 2.74. The Morgan fingerprint density at radius 2 is 1.95 bits per heavy atom. The molecule has 1 unspecified atom stereocenters. The van der Waals surface area contributed by atoms with Crippen molar-refractivity contribution in [1.29, 1.82) is 0 Å². The summed E-state index contributed by atoms with van der Waals surface area (Å²) in [5, 5.41) is 9.83. The van der Waals surface area contributed by atoms with Gasteiger partial charge in [-0.1, -0.05) is 23.7 Å². The van der Waals surface area contributed by atoms with Crippen LogP contribution in [-0.2, 0) is 16.0 Å². The zero-order chi connectivity index (χ0) is 14.5. The highest BCUT2D eigenvalue weighted by Gasteiger charge is 2.31. The van der Waals surface area contributed by atoms with Gasteiger partial charge in [-0.15, -0.1) is 0 Å². The second kappa shape index (κ2) is 6.75. The van der Waals surface area contributed by atoms with E-state index in [9.17, 15) is 9.59 Å². The number of aliphatic carboxylic acids is 1. The number of carbonyl (C=O) groups is 2. The fraction of sp³-hybridized carbons (Fsp3) is 0.467. The van der Waals surface area contributed by atoms with Crippen molar-refractivity contribution in [2.45, 2.75) is 38.1 Å². The normalized spacial score (nSPS) is 18.9. The summed E-state index contributed by atoms with van der Waals surface area (Å²) in [6.45, 7) is 0.552. The van der Waals surface area contributed by atoms with Crippen molar-refractivity contribution in [1.82, 2.24) is 4.90 Å². The van der Waals surface area contributed by atoms with Gasteiger partial charge in [-0.05, 0) is 43.4 Å². The number of nitrogens with zero attached hydrogens (tertiary/aromatic N) is 1. The van der Waals surface area contributed by atoms with Gasteiger partial charge in [-0.2, -0.15) is 0 Å². The average molecular weight is 296 g/mol. The van der Waals surface area contributed by atoms with Crippen molar-refractivity contribution in [3.05, 3.63) is 34.9 Å². The van der Waals surface area contributed by atoms with Crippen LogP contribution in [0.4, 0.5) is 0 Å². The van der Waals surface area contributed by atoms with E-state index in [1.54, 1.807) is 12.1 Å². The van der Waals surface area contributed by atoms with E-state index in [2.05, 4.69) is 0 Å². The van der Waals surface area contributed by atoms with E-state index in [4.69, 9.17) is 16.7 Å². The molecule has 0 bridgehead atoms. The van der Waals surface area contributed by atoms with Crippen molar-refractivity contribution in [3.8, 4) is 0 Å². The van der Waals surface area contributed by atoms with Crippen LogP contribution in [0.2, 0.25) is 5.02 Å². The van der Waals surface area contributed by atoms with Gasteiger partial charge in [0.1, 0.15) is 6.04 Å². The summed E-state index contributed by atoms with van der Waals surface area (Å²) in [6.07, 6.45) is 3.26. The van der Waals surface area contributed by atoms with Gasteiger partial charge >= 0.3 is 5.97 Å². The summed E-state index contributed by atoms with van der Waals surface area (Å²) in [6, 6.07) is 6.72. The molecule has 1 aliphatic rings. The van der Waals surface area contributed by atoms with Crippen LogP contribution in [0.1, 0.15) is 31.2 Å². The second-order valence-corrected chi connectivity index (χ2v) is 5.50. The Labute approximate surface area is 123 Å². The maximum Gasteiger partial charge on any atom is 0.326 e. The number of aryl methyl sites for hydroxylation is 1. The quantitative estimate of drug-likeness (QED) is 0.929. The van der Waals surface area contributed by atoms with Crippen LogP contribution in [0.25, 0.3) is 0 Å². The van der Waals surface area contributed by atoms with Gasteiger partial charge in [0.25, 0.3) is 0 Å². The molecule has 1 saturated heterocycles. The summed E-state index contributed by atoms with van der Waals surface area (Å²) in [5.74, 6) is -0.975. The third-order valence-corrected chi connectivity index (χ3v) is 3.90. The number of rotatable bonds is 4. The lowest BCUT2D eigenvalue weighted by Crippen LogP contribution is -2.48. The molecule has 1 aromatic rings. The number of benzene rings is 1. The Balaban J connectivity index is 1.93. The molecule has 5 heteroatoms. The van der Waals surface area contributed by atoms with E-state index in [1.165, 1.54) is 4.90 Å². The molecule has 1 heterocycles. The van der Waals surface area contributed by atoms with E-state index in [0.717, 1.165) is 18.4 Å². The van der Waals surface area contributed by atoms with Crippen LogP contribution in [0.3, 0.4) is 0 Å². The first-order valence-corrected chi connectivity index (χ1v) is 7.22. The lowest BCUT2D eigenvalue weighted by molar-refractivity contribution is -0.152. The lowest BCUT2D eigenvalue weighted by Gasteiger charge is -2.33. The fourth-order valence-electron chi connectivity index (χ4n) is 2.53. The number of hydrogen-bond acceptors (Lipinski definition) is 2. The molecule has 0 aromatic heterocycles. The average Bonchev–Trinajstić information content (AvgIpc) is 2.46. The fourth-order valence-corrected chi connectivity index (χ4v) is 2.66.